The maximum atomic E-state index is 12.0. The fourth-order valence-electron chi connectivity index (χ4n) is 2.32. The van der Waals surface area contributed by atoms with E-state index in [0.717, 1.165) is 5.75 Å². The number of amides is 2. The number of carbonyl (C=O) groups excluding carboxylic acids is 2. The minimum atomic E-state index is -0.205. The van der Waals surface area contributed by atoms with E-state index >= 15 is 0 Å². The Morgan fingerprint density at radius 1 is 1.21 bits per heavy atom. The molecule has 6 nitrogen and oxygen atoms in total. The molecule has 0 spiro atoms. The first kappa shape index (κ1) is 15.9. The summed E-state index contributed by atoms with van der Waals surface area (Å²) in [6, 6.07) is 14.6. The largest absolute Gasteiger partial charge is 0.494 e. The Hall–Kier alpha value is -3.02. The summed E-state index contributed by atoms with van der Waals surface area (Å²) >= 11 is 0. The molecule has 0 aromatic heterocycles. The van der Waals surface area contributed by atoms with Crippen LogP contribution in [-0.4, -0.2) is 25.0 Å². The van der Waals surface area contributed by atoms with Crippen LogP contribution in [0, 0.1) is 0 Å². The Bertz CT molecular complexity index is 731. The normalized spacial score (nSPS) is 12.6. The summed E-state index contributed by atoms with van der Waals surface area (Å²) in [5.41, 5.74) is 1.19. The van der Waals surface area contributed by atoms with Crippen molar-refractivity contribution in [2.75, 3.05) is 23.8 Å². The zero-order chi connectivity index (χ0) is 16.8. The maximum absolute atomic E-state index is 12.0. The molecular formula is C18H18N2O4. The first-order chi connectivity index (χ1) is 11.7. The van der Waals surface area contributed by atoms with E-state index in [1.807, 2.05) is 30.3 Å². The molecular weight excluding hydrogens is 308 g/mol. The molecule has 0 saturated heterocycles. The lowest BCUT2D eigenvalue weighted by molar-refractivity contribution is -0.118. The number of hydrogen-bond acceptors (Lipinski definition) is 4. The van der Waals surface area contributed by atoms with Crippen LogP contribution < -0.4 is 20.1 Å². The topological polar surface area (TPSA) is 76.7 Å². The van der Waals surface area contributed by atoms with Gasteiger partial charge in [0.25, 0.3) is 5.91 Å². The Morgan fingerprint density at radius 3 is 2.88 bits per heavy atom. The Labute approximate surface area is 139 Å². The number of ether oxygens (including phenoxy) is 2. The third kappa shape index (κ3) is 4.25. The van der Waals surface area contributed by atoms with Crippen molar-refractivity contribution in [3.8, 4) is 11.5 Å². The number of fused-ring (bicyclic) bond motifs is 1. The summed E-state index contributed by atoms with van der Waals surface area (Å²) in [5.74, 6) is 1.09. The number of hydrogen-bond donors (Lipinski definition) is 2. The van der Waals surface area contributed by atoms with Crippen LogP contribution in [-0.2, 0) is 9.59 Å². The molecule has 6 heteroatoms. The maximum Gasteiger partial charge on any atom is 0.262 e. The van der Waals surface area contributed by atoms with E-state index < -0.39 is 0 Å². The van der Waals surface area contributed by atoms with Gasteiger partial charge in [-0.1, -0.05) is 18.2 Å². The number of rotatable bonds is 6. The second-order valence-electron chi connectivity index (χ2n) is 5.36. The highest BCUT2D eigenvalue weighted by atomic mass is 16.5. The van der Waals surface area contributed by atoms with E-state index in [9.17, 15) is 9.59 Å². The summed E-state index contributed by atoms with van der Waals surface area (Å²) < 4.78 is 10.8. The molecule has 1 aliphatic heterocycles. The van der Waals surface area contributed by atoms with Gasteiger partial charge in [0.1, 0.15) is 11.5 Å². The quantitative estimate of drug-likeness (QED) is 0.800. The molecule has 0 radical (unpaired) electrons. The Balaban J connectivity index is 1.45. The molecule has 0 atom stereocenters. The lowest BCUT2D eigenvalue weighted by Gasteiger charge is -2.18. The number of benzene rings is 2. The molecule has 124 valence electrons. The SMILES string of the molecule is O=C(CCCOc1ccccc1)Nc1ccc2c(c1)NC(=O)CO2. The van der Waals surface area contributed by atoms with Gasteiger partial charge in [0.2, 0.25) is 5.91 Å². The van der Waals surface area contributed by atoms with Crippen LogP contribution in [0.2, 0.25) is 0 Å². The lowest BCUT2D eigenvalue weighted by atomic mass is 10.2. The molecule has 2 aromatic carbocycles. The number of anilines is 2. The summed E-state index contributed by atoms with van der Waals surface area (Å²) in [5, 5.41) is 5.51. The van der Waals surface area contributed by atoms with Gasteiger partial charge in [-0.25, -0.2) is 0 Å². The first-order valence-corrected chi connectivity index (χ1v) is 7.75. The molecule has 0 bridgehead atoms. The fourth-order valence-corrected chi connectivity index (χ4v) is 2.32. The van der Waals surface area contributed by atoms with Crippen molar-refractivity contribution in [2.45, 2.75) is 12.8 Å². The summed E-state index contributed by atoms with van der Waals surface area (Å²) in [4.78, 5) is 23.3. The van der Waals surface area contributed by atoms with Gasteiger partial charge in [-0.15, -0.1) is 0 Å². The Kier molecular flexibility index (Phi) is 4.96. The highest BCUT2D eigenvalue weighted by molar-refractivity contribution is 5.97. The minimum absolute atomic E-state index is 0.0140. The number of carbonyl (C=O) groups is 2. The van der Waals surface area contributed by atoms with Crippen LogP contribution in [0.25, 0.3) is 0 Å². The van der Waals surface area contributed by atoms with E-state index in [4.69, 9.17) is 9.47 Å². The third-order valence-corrected chi connectivity index (χ3v) is 3.46. The highest BCUT2D eigenvalue weighted by Gasteiger charge is 2.16. The van der Waals surface area contributed by atoms with Gasteiger partial charge in [-0.2, -0.15) is 0 Å². The molecule has 0 fully saturated rings. The lowest BCUT2D eigenvalue weighted by Crippen LogP contribution is -2.25. The van der Waals surface area contributed by atoms with Crippen LogP contribution in [0.1, 0.15) is 12.8 Å². The minimum Gasteiger partial charge on any atom is -0.494 e. The molecule has 24 heavy (non-hydrogen) atoms. The van der Waals surface area contributed by atoms with E-state index in [2.05, 4.69) is 10.6 Å². The fraction of sp³-hybridized carbons (Fsp3) is 0.222. The van der Waals surface area contributed by atoms with Crippen molar-refractivity contribution in [2.24, 2.45) is 0 Å². The van der Waals surface area contributed by atoms with Crippen LogP contribution in [0.3, 0.4) is 0 Å². The zero-order valence-electron chi connectivity index (χ0n) is 13.1. The van der Waals surface area contributed by atoms with Crippen molar-refractivity contribution < 1.29 is 19.1 Å². The van der Waals surface area contributed by atoms with Gasteiger partial charge in [0.05, 0.1) is 12.3 Å². The van der Waals surface area contributed by atoms with Crippen LogP contribution >= 0.6 is 0 Å². The van der Waals surface area contributed by atoms with E-state index in [-0.39, 0.29) is 18.4 Å². The summed E-state index contributed by atoms with van der Waals surface area (Å²) in [6.45, 7) is 0.492. The average molecular weight is 326 g/mol. The predicted molar refractivity (Wildman–Crippen MR) is 90.4 cm³/mol. The molecule has 1 aliphatic rings. The molecule has 2 N–H and O–H groups in total. The van der Waals surface area contributed by atoms with Gasteiger partial charge >= 0.3 is 0 Å². The standard InChI is InChI=1S/C18H18N2O4/c21-17(7-4-10-23-14-5-2-1-3-6-14)19-13-8-9-16-15(11-13)20-18(22)12-24-16/h1-3,5-6,8-9,11H,4,7,10,12H2,(H,19,21)(H,20,22). The second-order valence-corrected chi connectivity index (χ2v) is 5.36. The molecule has 2 aromatic rings. The van der Waals surface area contributed by atoms with E-state index in [1.54, 1.807) is 18.2 Å². The monoisotopic (exact) mass is 326 g/mol. The number of para-hydroxylation sites is 1. The van der Waals surface area contributed by atoms with Gasteiger partial charge in [-0.05, 0) is 36.8 Å². The predicted octanol–water partition coefficient (Wildman–Crippen LogP) is 2.82. The zero-order valence-corrected chi connectivity index (χ0v) is 13.1. The van der Waals surface area contributed by atoms with Crippen molar-refractivity contribution in [1.29, 1.82) is 0 Å². The molecule has 0 aliphatic carbocycles. The first-order valence-electron chi connectivity index (χ1n) is 7.75. The second kappa shape index (κ2) is 7.50. The van der Waals surface area contributed by atoms with Crippen LogP contribution in [0.5, 0.6) is 11.5 Å². The van der Waals surface area contributed by atoms with Crippen molar-refractivity contribution >= 4 is 23.2 Å². The molecule has 0 unspecified atom stereocenters. The molecule has 0 saturated carbocycles. The summed E-state index contributed by atoms with van der Waals surface area (Å²) in [7, 11) is 0. The van der Waals surface area contributed by atoms with Crippen LogP contribution in [0.15, 0.2) is 48.5 Å². The van der Waals surface area contributed by atoms with E-state index in [1.165, 1.54) is 0 Å². The summed E-state index contributed by atoms with van der Waals surface area (Å²) in [6.07, 6.45) is 0.971. The molecule has 3 rings (SSSR count). The smallest absolute Gasteiger partial charge is 0.262 e. The van der Waals surface area contributed by atoms with Gasteiger partial charge in [-0.3, -0.25) is 9.59 Å². The Morgan fingerprint density at radius 2 is 2.04 bits per heavy atom. The van der Waals surface area contributed by atoms with Gasteiger partial charge in [0.15, 0.2) is 6.61 Å². The average Bonchev–Trinajstić information content (AvgIpc) is 2.59. The van der Waals surface area contributed by atoms with Crippen LogP contribution in [0.4, 0.5) is 11.4 Å². The molecule has 2 amide bonds. The van der Waals surface area contributed by atoms with E-state index in [0.29, 0.717) is 36.6 Å². The van der Waals surface area contributed by atoms with Gasteiger partial charge < -0.3 is 20.1 Å². The van der Waals surface area contributed by atoms with Crippen molar-refractivity contribution in [1.82, 2.24) is 0 Å². The highest BCUT2D eigenvalue weighted by Crippen LogP contribution is 2.30. The van der Waals surface area contributed by atoms with Crippen molar-refractivity contribution in [3.63, 3.8) is 0 Å². The van der Waals surface area contributed by atoms with Gasteiger partial charge in [0, 0.05) is 12.1 Å². The number of nitrogens with one attached hydrogen (secondary N) is 2. The molecule has 1 heterocycles. The third-order valence-electron chi connectivity index (χ3n) is 3.46. The van der Waals surface area contributed by atoms with Crippen molar-refractivity contribution in [3.05, 3.63) is 48.5 Å².